The Bertz CT molecular complexity index is 494. The lowest BCUT2D eigenvalue weighted by molar-refractivity contribution is -0.384. The Morgan fingerprint density at radius 3 is 2.73 bits per heavy atom. The van der Waals surface area contributed by atoms with Crippen LogP contribution < -0.4 is 0 Å². The molecule has 0 aliphatic carbocycles. The van der Waals surface area contributed by atoms with E-state index in [1.54, 1.807) is 0 Å². The van der Waals surface area contributed by atoms with Crippen LogP contribution in [0.4, 0.5) is 5.69 Å². The second kappa shape index (κ2) is 5.14. The topological polar surface area (TPSA) is 66.9 Å². The van der Waals surface area contributed by atoms with Crippen molar-refractivity contribution in [1.82, 2.24) is 0 Å². The molecule has 4 nitrogen and oxygen atoms in total. The van der Waals surface area contributed by atoms with E-state index in [2.05, 4.69) is 27.8 Å². The van der Waals surface area contributed by atoms with Crippen LogP contribution in [0.25, 0.3) is 0 Å². The van der Waals surface area contributed by atoms with Crippen LogP contribution in [0.3, 0.4) is 0 Å². The highest BCUT2D eigenvalue weighted by Crippen LogP contribution is 2.16. The summed E-state index contributed by atoms with van der Waals surface area (Å²) in [7, 11) is 0. The number of nitro benzene ring substituents is 1. The third-order valence-corrected chi connectivity index (χ3v) is 1.90. The third kappa shape index (κ3) is 2.80. The summed E-state index contributed by atoms with van der Waals surface area (Å²) >= 11 is 3.13. The Balaban J connectivity index is 3.22. The minimum atomic E-state index is -0.539. The Morgan fingerprint density at radius 2 is 2.20 bits per heavy atom. The van der Waals surface area contributed by atoms with E-state index in [4.69, 9.17) is 5.26 Å². The van der Waals surface area contributed by atoms with Crippen LogP contribution in [0.1, 0.15) is 11.1 Å². The van der Waals surface area contributed by atoms with E-state index in [1.165, 1.54) is 18.2 Å². The second-order valence-electron chi connectivity index (χ2n) is 2.53. The van der Waals surface area contributed by atoms with Crippen molar-refractivity contribution < 1.29 is 4.92 Å². The highest BCUT2D eigenvalue weighted by Gasteiger charge is 2.08. The average molecular weight is 265 g/mol. The first-order chi connectivity index (χ1) is 7.19. The molecule has 0 aliphatic heterocycles. The number of alkyl halides is 1. The predicted octanol–water partition coefficient (Wildman–Crippen LogP) is 2.21. The molecule has 15 heavy (non-hydrogen) atoms. The number of hydrogen-bond acceptors (Lipinski definition) is 3. The molecule has 1 rings (SSSR count). The molecule has 0 saturated heterocycles. The van der Waals surface area contributed by atoms with Crippen LogP contribution in [0.5, 0.6) is 0 Å². The number of hydrogen-bond donors (Lipinski definition) is 0. The van der Waals surface area contributed by atoms with E-state index < -0.39 is 4.92 Å². The predicted molar refractivity (Wildman–Crippen MR) is 58.5 cm³/mol. The SMILES string of the molecule is N#Cc1cc([N+](=O)[O-])ccc1C#CCBr. The number of benzene rings is 1. The van der Waals surface area contributed by atoms with E-state index >= 15 is 0 Å². The number of halogens is 1. The van der Waals surface area contributed by atoms with Crippen molar-refractivity contribution in [1.29, 1.82) is 5.26 Å². The summed E-state index contributed by atoms with van der Waals surface area (Å²) in [4.78, 5) is 9.91. The molecule has 0 N–H and O–H groups in total. The summed E-state index contributed by atoms with van der Waals surface area (Å²) in [5, 5.41) is 19.7. The van der Waals surface area contributed by atoms with Crippen molar-refractivity contribution in [2.24, 2.45) is 0 Å². The Morgan fingerprint density at radius 1 is 1.47 bits per heavy atom. The number of rotatable bonds is 1. The first-order valence-electron chi connectivity index (χ1n) is 3.92. The summed E-state index contributed by atoms with van der Waals surface area (Å²) in [5.41, 5.74) is 0.621. The van der Waals surface area contributed by atoms with Crippen molar-refractivity contribution in [3.63, 3.8) is 0 Å². The quantitative estimate of drug-likeness (QED) is 0.338. The van der Waals surface area contributed by atoms with Crippen LogP contribution in [-0.2, 0) is 0 Å². The van der Waals surface area contributed by atoms with Crippen LogP contribution in [0, 0.1) is 33.3 Å². The Labute approximate surface area is 94.8 Å². The zero-order valence-electron chi connectivity index (χ0n) is 7.53. The molecule has 0 fully saturated rings. The summed E-state index contributed by atoms with van der Waals surface area (Å²) < 4.78 is 0. The van der Waals surface area contributed by atoms with Gasteiger partial charge in [-0.1, -0.05) is 27.8 Å². The van der Waals surface area contributed by atoms with Crippen LogP contribution >= 0.6 is 15.9 Å². The van der Waals surface area contributed by atoms with Crippen LogP contribution in [0.2, 0.25) is 0 Å². The number of nitrogens with zero attached hydrogens (tertiary/aromatic N) is 2. The number of nitriles is 1. The standard InChI is InChI=1S/C10H5BrN2O2/c11-5-1-2-8-3-4-10(13(14)15)6-9(8)7-12/h3-4,6H,5H2. The summed E-state index contributed by atoms with van der Waals surface area (Å²) in [6.07, 6.45) is 0. The van der Waals surface area contributed by atoms with Gasteiger partial charge in [0, 0.05) is 17.7 Å². The molecule has 0 aliphatic rings. The molecule has 0 heterocycles. The van der Waals surface area contributed by atoms with Crippen molar-refractivity contribution in [3.05, 3.63) is 39.4 Å². The zero-order chi connectivity index (χ0) is 11.3. The number of non-ortho nitro benzene ring substituents is 1. The van der Waals surface area contributed by atoms with E-state index in [-0.39, 0.29) is 11.3 Å². The minimum absolute atomic E-state index is 0.101. The van der Waals surface area contributed by atoms with Gasteiger partial charge in [0.15, 0.2) is 0 Å². The maximum atomic E-state index is 10.4. The Hall–Kier alpha value is -1.85. The zero-order valence-corrected chi connectivity index (χ0v) is 9.11. The lowest BCUT2D eigenvalue weighted by Crippen LogP contribution is -1.91. The molecular weight excluding hydrogens is 260 g/mol. The van der Waals surface area contributed by atoms with Gasteiger partial charge in [0.05, 0.1) is 15.8 Å². The van der Waals surface area contributed by atoms with Crippen LogP contribution in [0.15, 0.2) is 18.2 Å². The molecular formula is C10H5BrN2O2. The summed E-state index contributed by atoms with van der Waals surface area (Å²) in [6, 6.07) is 5.91. The van der Waals surface area contributed by atoms with Gasteiger partial charge in [-0.05, 0) is 6.07 Å². The van der Waals surface area contributed by atoms with Gasteiger partial charge in [0.25, 0.3) is 5.69 Å². The molecule has 0 aromatic heterocycles. The van der Waals surface area contributed by atoms with Gasteiger partial charge in [0.1, 0.15) is 6.07 Å². The van der Waals surface area contributed by atoms with E-state index in [0.717, 1.165) is 0 Å². The van der Waals surface area contributed by atoms with E-state index in [1.807, 2.05) is 6.07 Å². The first kappa shape index (κ1) is 11.2. The fourth-order valence-electron chi connectivity index (χ4n) is 0.976. The molecule has 5 heteroatoms. The van der Waals surface area contributed by atoms with Crippen molar-refractivity contribution in [3.8, 4) is 17.9 Å². The molecule has 0 bridgehead atoms. The maximum Gasteiger partial charge on any atom is 0.270 e. The van der Waals surface area contributed by atoms with Gasteiger partial charge in [-0.3, -0.25) is 10.1 Å². The normalized spacial score (nSPS) is 8.53. The lowest BCUT2D eigenvalue weighted by Gasteiger charge is -1.95. The van der Waals surface area contributed by atoms with Gasteiger partial charge in [-0.2, -0.15) is 5.26 Å². The molecule has 1 aromatic carbocycles. The van der Waals surface area contributed by atoms with Crippen molar-refractivity contribution in [2.75, 3.05) is 5.33 Å². The molecule has 0 atom stereocenters. The summed E-state index contributed by atoms with van der Waals surface area (Å²) in [6.45, 7) is 0. The smallest absolute Gasteiger partial charge is 0.258 e. The average Bonchev–Trinajstić information content (AvgIpc) is 2.25. The fourth-order valence-corrected chi connectivity index (χ4v) is 1.12. The van der Waals surface area contributed by atoms with Gasteiger partial charge in [0.2, 0.25) is 0 Å². The third-order valence-electron chi connectivity index (χ3n) is 1.62. The van der Waals surface area contributed by atoms with Gasteiger partial charge in [-0.25, -0.2) is 0 Å². The summed E-state index contributed by atoms with van der Waals surface area (Å²) in [5.74, 6) is 5.47. The first-order valence-corrected chi connectivity index (χ1v) is 5.04. The van der Waals surface area contributed by atoms with Crippen LogP contribution in [-0.4, -0.2) is 10.3 Å². The van der Waals surface area contributed by atoms with Crippen molar-refractivity contribution >= 4 is 21.6 Å². The molecule has 0 unspecified atom stereocenters. The van der Waals surface area contributed by atoms with Gasteiger partial charge in [-0.15, -0.1) is 0 Å². The number of nitro groups is 1. The molecule has 0 radical (unpaired) electrons. The maximum absolute atomic E-state index is 10.4. The lowest BCUT2D eigenvalue weighted by atomic mass is 10.1. The highest BCUT2D eigenvalue weighted by atomic mass is 79.9. The molecule has 0 spiro atoms. The van der Waals surface area contributed by atoms with Crippen molar-refractivity contribution in [2.45, 2.75) is 0 Å². The Kier molecular flexibility index (Phi) is 3.84. The molecule has 0 saturated carbocycles. The van der Waals surface area contributed by atoms with Gasteiger partial charge >= 0.3 is 0 Å². The molecule has 1 aromatic rings. The minimum Gasteiger partial charge on any atom is -0.258 e. The fraction of sp³-hybridized carbons (Fsp3) is 0.100. The second-order valence-corrected chi connectivity index (χ2v) is 3.09. The highest BCUT2D eigenvalue weighted by molar-refractivity contribution is 9.09. The van der Waals surface area contributed by atoms with E-state index in [9.17, 15) is 10.1 Å². The largest absolute Gasteiger partial charge is 0.270 e. The molecule has 0 amide bonds. The molecule has 74 valence electrons. The monoisotopic (exact) mass is 264 g/mol. The van der Waals surface area contributed by atoms with Gasteiger partial charge < -0.3 is 0 Å². The van der Waals surface area contributed by atoms with E-state index in [0.29, 0.717) is 10.9 Å².